The smallest absolute Gasteiger partial charge is 0.377 e. The number of carbonyl (C=O) groups excluding carboxylic acids is 1. The number of carbonyl (C=O) groups is 2. The van der Waals surface area contributed by atoms with Crippen LogP contribution in [0.3, 0.4) is 0 Å². The Morgan fingerprint density at radius 1 is 1.29 bits per heavy atom. The second-order valence-electron chi connectivity index (χ2n) is 4.00. The number of benzene rings is 1. The van der Waals surface area contributed by atoms with Gasteiger partial charge in [0.15, 0.2) is 0 Å². The Balaban J connectivity index is 1.85. The minimum Gasteiger partial charge on any atom is -0.492 e. The normalized spacial score (nSPS) is 10.1. The summed E-state index contributed by atoms with van der Waals surface area (Å²) in [6.07, 6.45) is 1.41. The van der Waals surface area contributed by atoms with Gasteiger partial charge < -0.3 is 14.6 Å². The number of carboxylic acid groups (broad SMARTS) is 1. The van der Waals surface area contributed by atoms with Crippen LogP contribution in [0.1, 0.15) is 21.0 Å². The molecule has 0 aliphatic heterocycles. The maximum atomic E-state index is 11.2. The summed E-state index contributed by atoms with van der Waals surface area (Å²) in [5.41, 5.74) is 0.196. The Hall–Kier alpha value is -2.90. The molecule has 8 nitrogen and oxygen atoms in total. The van der Waals surface area contributed by atoms with Crippen molar-refractivity contribution in [3.8, 4) is 5.75 Å². The van der Waals surface area contributed by atoms with E-state index < -0.39 is 11.9 Å². The topological polar surface area (TPSA) is 104 Å². The van der Waals surface area contributed by atoms with Crippen LogP contribution < -0.4 is 4.74 Å². The van der Waals surface area contributed by atoms with E-state index in [-0.39, 0.29) is 11.4 Å². The molecule has 0 saturated carbocycles. The van der Waals surface area contributed by atoms with Crippen molar-refractivity contribution in [2.24, 2.45) is 0 Å². The zero-order valence-corrected chi connectivity index (χ0v) is 11.2. The van der Waals surface area contributed by atoms with Gasteiger partial charge in [0.05, 0.1) is 19.2 Å². The molecule has 1 aromatic carbocycles. The van der Waals surface area contributed by atoms with E-state index in [4.69, 9.17) is 9.84 Å². The molecule has 2 aromatic rings. The van der Waals surface area contributed by atoms with Gasteiger partial charge >= 0.3 is 11.9 Å². The van der Waals surface area contributed by atoms with E-state index in [1.165, 1.54) is 30.3 Å². The monoisotopic (exact) mass is 291 g/mol. The van der Waals surface area contributed by atoms with Gasteiger partial charge in [0, 0.05) is 0 Å². The van der Waals surface area contributed by atoms with Gasteiger partial charge in [-0.1, -0.05) is 0 Å². The second kappa shape index (κ2) is 6.51. The second-order valence-corrected chi connectivity index (χ2v) is 4.00. The molecule has 110 valence electrons. The molecule has 2 rings (SSSR count). The molecular formula is C13H13N3O5. The first-order valence-electron chi connectivity index (χ1n) is 6.04. The van der Waals surface area contributed by atoms with E-state index in [0.29, 0.717) is 18.9 Å². The standard InChI is InChI=1S/C13H13N3O5/c1-20-13(19)11-14-8-16(15-11)6-7-21-10-4-2-9(3-5-10)12(17)18/h2-5,8H,6-7H2,1H3,(H,17,18). The van der Waals surface area contributed by atoms with Crippen LogP contribution in [-0.2, 0) is 11.3 Å². The number of hydrogen-bond donors (Lipinski definition) is 1. The highest BCUT2D eigenvalue weighted by Gasteiger charge is 2.10. The number of ether oxygens (including phenoxy) is 2. The summed E-state index contributed by atoms with van der Waals surface area (Å²) in [7, 11) is 1.26. The number of aromatic nitrogens is 3. The molecule has 0 aliphatic carbocycles. The van der Waals surface area contributed by atoms with E-state index in [0.717, 1.165) is 0 Å². The van der Waals surface area contributed by atoms with E-state index >= 15 is 0 Å². The molecule has 21 heavy (non-hydrogen) atoms. The first-order valence-corrected chi connectivity index (χ1v) is 6.04. The van der Waals surface area contributed by atoms with Gasteiger partial charge in [0.25, 0.3) is 5.82 Å². The van der Waals surface area contributed by atoms with Crippen LogP contribution in [0.25, 0.3) is 0 Å². The van der Waals surface area contributed by atoms with Crippen molar-refractivity contribution in [1.29, 1.82) is 0 Å². The fourth-order valence-electron chi connectivity index (χ4n) is 1.54. The van der Waals surface area contributed by atoms with E-state index in [1.807, 2.05) is 0 Å². The zero-order valence-electron chi connectivity index (χ0n) is 11.2. The van der Waals surface area contributed by atoms with Crippen LogP contribution in [0, 0.1) is 0 Å². The largest absolute Gasteiger partial charge is 0.492 e. The van der Waals surface area contributed by atoms with Crippen LogP contribution in [0.4, 0.5) is 0 Å². The lowest BCUT2D eigenvalue weighted by atomic mass is 10.2. The highest BCUT2D eigenvalue weighted by atomic mass is 16.5. The first kappa shape index (κ1) is 14.5. The minimum atomic E-state index is -0.987. The molecule has 1 N–H and O–H groups in total. The first-order chi connectivity index (χ1) is 10.1. The molecule has 0 radical (unpaired) electrons. The number of nitrogens with zero attached hydrogens (tertiary/aromatic N) is 3. The fraction of sp³-hybridized carbons (Fsp3) is 0.231. The van der Waals surface area contributed by atoms with Crippen LogP contribution in [-0.4, -0.2) is 45.5 Å². The van der Waals surface area contributed by atoms with Gasteiger partial charge in [-0.15, -0.1) is 5.10 Å². The van der Waals surface area contributed by atoms with Crippen molar-refractivity contribution in [3.05, 3.63) is 42.0 Å². The number of aromatic carboxylic acids is 1. The molecule has 1 heterocycles. The van der Waals surface area contributed by atoms with Crippen molar-refractivity contribution >= 4 is 11.9 Å². The Bertz CT molecular complexity index is 636. The third-order valence-electron chi connectivity index (χ3n) is 2.59. The van der Waals surface area contributed by atoms with Crippen molar-refractivity contribution < 1.29 is 24.2 Å². The summed E-state index contributed by atoms with van der Waals surface area (Å²) in [5.74, 6) is -1.05. The maximum Gasteiger partial charge on any atom is 0.377 e. The van der Waals surface area contributed by atoms with Gasteiger partial charge in [-0.3, -0.25) is 0 Å². The molecule has 0 fully saturated rings. The zero-order chi connectivity index (χ0) is 15.2. The molecule has 0 spiro atoms. The predicted octanol–water partition coefficient (Wildman–Crippen LogP) is 0.842. The van der Waals surface area contributed by atoms with Crippen molar-refractivity contribution in [1.82, 2.24) is 14.8 Å². The number of hydrogen-bond acceptors (Lipinski definition) is 6. The molecule has 1 aromatic heterocycles. The Morgan fingerprint density at radius 3 is 2.62 bits per heavy atom. The number of methoxy groups -OCH3 is 1. The molecule has 8 heteroatoms. The molecule has 0 unspecified atom stereocenters. The molecular weight excluding hydrogens is 278 g/mol. The average molecular weight is 291 g/mol. The lowest BCUT2D eigenvalue weighted by molar-refractivity contribution is 0.0585. The summed E-state index contributed by atoms with van der Waals surface area (Å²) in [6, 6.07) is 6.07. The summed E-state index contributed by atoms with van der Waals surface area (Å²) >= 11 is 0. The molecule has 0 bridgehead atoms. The lowest BCUT2D eigenvalue weighted by Gasteiger charge is -2.06. The summed E-state index contributed by atoms with van der Waals surface area (Å²) in [6.45, 7) is 0.696. The van der Waals surface area contributed by atoms with Gasteiger partial charge in [-0.05, 0) is 24.3 Å². The van der Waals surface area contributed by atoms with Crippen LogP contribution in [0.2, 0.25) is 0 Å². The molecule has 0 atom stereocenters. The summed E-state index contributed by atoms with van der Waals surface area (Å²) in [4.78, 5) is 25.7. The molecule has 0 saturated heterocycles. The lowest BCUT2D eigenvalue weighted by Crippen LogP contribution is -2.10. The van der Waals surface area contributed by atoms with Crippen LogP contribution in [0.5, 0.6) is 5.75 Å². The molecule has 0 amide bonds. The Morgan fingerprint density at radius 2 is 2.00 bits per heavy atom. The van der Waals surface area contributed by atoms with Gasteiger partial charge in [-0.25, -0.2) is 19.3 Å². The average Bonchev–Trinajstić information content (AvgIpc) is 2.96. The number of carboxylic acids is 1. The van der Waals surface area contributed by atoms with Crippen molar-refractivity contribution in [2.45, 2.75) is 6.54 Å². The number of rotatable bonds is 6. The van der Waals surface area contributed by atoms with Gasteiger partial charge in [-0.2, -0.15) is 0 Å². The quantitative estimate of drug-likeness (QED) is 0.786. The summed E-state index contributed by atoms with van der Waals surface area (Å²) in [5, 5.41) is 12.7. The third-order valence-corrected chi connectivity index (χ3v) is 2.59. The van der Waals surface area contributed by atoms with E-state index in [1.54, 1.807) is 12.1 Å². The van der Waals surface area contributed by atoms with Gasteiger partial charge in [0.2, 0.25) is 0 Å². The molecule has 0 aliphatic rings. The summed E-state index contributed by atoms with van der Waals surface area (Å²) < 4.78 is 11.4. The third kappa shape index (κ3) is 3.78. The fourth-order valence-corrected chi connectivity index (χ4v) is 1.54. The highest BCUT2D eigenvalue weighted by Crippen LogP contribution is 2.12. The van der Waals surface area contributed by atoms with E-state index in [2.05, 4.69) is 14.8 Å². The Labute approximate surface area is 119 Å². The number of esters is 1. The SMILES string of the molecule is COC(=O)c1ncn(CCOc2ccc(C(=O)O)cc2)n1. The van der Waals surface area contributed by atoms with Crippen LogP contribution >= 0.6 is 0 Å². The minimum absolute atomic E-state index is 0.0108. The van der Waals surface area contributed by atoms with Gasteiger partial charge in [0.1, 0.15) is 18.7 Å². The van der Waals surface area contributed by atoms with Crippen LogP contribution in [0.15, 0.2) is 30.6 Å². The van der Waals surface area contributed by atoms with Crippen molar-refractivity contribution in [2.75, 3.05) is 13.7 Å². The highest BCUT2D eigenvalue weighted by molar-refractivity contribution is 5.87. The maximum absolute atomic E-state index is 11.2. The Kier molecular flexibility index (Phi) is 4.50. The van der Waals surface area contributed by atoms with E-state index in [9.17, 15) is 9.59 Å². The van der Waals surface area contributed by atoms with Crippen molar-refractivity contribution in [3.63, 3.8) is 0 Å². The predicted molar refractivity (Wildman–Crippen MR) is 70.3 cm³/mol.